The summed E-state index contributed by atoms with van der Waals surface area (Å²) in [6.07, 6.45) is 1.84. The molecule has 1 heterocycles. The number of rotatable bonds is 6. The van der Waals surface area contributed by atoms with E-state index >= 15 is 0 Å². The van der Waals surface area contributed by atoms with E-state index < -0.39 is 0 Å². The summed E-state index contributed by atoms with van der Waals surface area (Å²) in [5, 5.41) is 3.50. The highest BCUT2D eigenvalue weighted by molar-refractivity contribution is 5.29. The summed E-state index contributed by atoms with van der Waals surface area (Å²) in [4.78, 5) is 4.40. The second-order valence-electron chi connectivity index (χ2n) is 4.87. The van der Waals surface area contributed by atoms with Crippen LogP contribution in [0.2, 0.25) is 0 Å². The third-order valence-corrected chi connectivity index (χ3v) is 3.38. The van der Waals surface area contributed by atoms with Gasteiger partial charge in [0.05, 0.1) is 12.3 Å². The average Bonchev–Trinajstić information content (AvgIpc) is 2.47. The predicted octanol–water partition coefficient (Wildman–Crippen LogP) is 3.64. The summed E-state index contributed by atoms with van der Waals surface area (Å²) in [6, 6.07) is 12.6. The molecule has 3 nitrogen and oxygen atoms in total. The highest BCUT2D eigenvalue weighted by atomic mass is 16.5. The van der Waals surface area contributed by atoms with Gasteiger partial charge in [0.15, 0.2) is 0 Å². The first kappa shape index (κ1) is 14.5. The van der Waals surface area contributed by atoms with Crippen LogP contribution in [-0.4, -0.2) is 11.6 Å². The summed E-state index contributed by atoms with van der Waals surface area (Å²) in [6.45, 7) is 7.72. The first-order valence-electron chi connectivity index (χ1n) is 7.07. The van der Waals surface area contributed by atoms with Gasteiger partial charge in [-0.05, 0) is 50.1 Å². The SMILES string of the molecule is CCOc1ccc(C(C)NCc2ncccc2C)cc1. The number of aryl methyl sites for hydroxylation is 1. The van der Waals surface area contributed by atoms with Crippen molar-refractivity contribution in [1.29, 1.82) is 0 Å². The minimum Gasteiger partial charge on any atom is -0.494 e. The standard InChI is InChI=1S/C17H22N2O/c1-4-20-16-9-7-15(8-10-16)14(3)19-12-17-13(2)6-5-11-18-17/h5-11,14,19H,4,12H2,1-3H3. The molecule has 0 aliphatic heterocycles. The van der Waals surface area contributed by atoms with Crippen molar-refractivity contribution in [3.63, 3.8) is 0 Å². The molecule has 0 spiro atoms. The van der Waals surface area contributed by atoms with E-state index in [4.69, 9.17) is 4.74 Å². The van der Waals surface area contributed by atoms with E-state index in [-0.39, 0.29) is 6.04 Å². The fourth-order valence-corrected chi connectivity index (χ4v) is 2.09. The number of nitrogens with zero attached hydrogens (tertiary/aromatic N) is 1. The van der Waals surface area contributed by atoms with Crippen molar-refractivity contribution in [1.82, 2.24) is 10.3 Å². The maximum absolute atomic E-state index is 5.46. The Morgan fingerprint density at radius 1 is 1.20 bits per heavy atom. The zero-order valence-corrected chi connectivity index (χ0v) is 12.4. The molecule has 3 heteroatoms. The number of nitrogens with one attached hydrogen (secondary N) is 1. The van der Waals surface area contributed by atoms with Crippen LogP contribution in [0.1, 0.15) is 36.7 Å². The van der Waals surface area contributed by atoms with Gasteiger partial charge in [0.1, 0.15) is 5.75 Å². The van der Waals surface area contributed by atoms with Crippen LogP contribution in [0, 0.1) is 6.92 Å². The highest BCUT2D eigenvalue weighted by Gasteiger charge is 2.06. The summed E-state index contributed by atoms with van der Waals surface area (Å²) in [5.41, 5.74) is 3.58. The first-order valence-corrected chi connectivity index (χ1v) is 7.07. The van der Waals surface area contributed by atoms with Gasteiger partial charge in [0.25, 0.3) is 0 Å². The first-order chi connectivity index (χ1) is 9.70. The molecule has 0 aliphatic rings. The Morgan fingerprint density at radius 2 is 1.95 bits per heavy atom. The Bertz CT molecular complexity index is 537. The Morgan fingerprint density at radius 3 is 2.60 bits per heavy atom. The lowest BCUT2D eigenvalue weighted by Gasteiger charge is -2.15. The minimum atomic E-state index is 0.284. The van der Waals surface area contributed by atoms with Crippen molar-refractivity contribution >= 4 is 0 Å². The van der Waals surface area contributed by atoms with Crippen LogP contribution < -0.4 is 10.1 Å². The minimum absolute atomic E-state index is 0.284. The van der Waals surface area contributed by atoms with Crippen molar-refractivity contribution in [2.24, 2.45) is 0 Å². The van der Waals surface area contributed by atoms with Gasteiger partial charge in [0, 0.05) is 18.8 Å². The Kier molecular flexibility index (Phi) is 5.13. The van der Waals surface area contributed by atoms with Crippen LogP contribution >= 0.6 is 0 Å². The number of benzene rings is 1. The normalized spacial score (nSPS) is 12.2. The summed E-state index contributed by atoms with van der Waals surface area (Å²) < 4.78 is 5.46. The number of hydrogen-bond acceptors (Lipinski definition) is 3. The van der Waals surface area contributed by atoms with Crippen LogP contribution in [0.25, 0.3) is 0 Å². The lowest BCUT2D eigenvalue weighted by Crippen LogP contribution is -2.19. The molecule has 1 N–H and O–H groups in total. The molecule has 106 valence electrons. The highest BCUT2D eigenvalue weighted by Crippen LogP contribution is 2.18. The second kappa shape index (κ2) is 7.06. The van der Waals surface area contributed by atoms with Crippen LogP contribution in [0.15, 0.2) is 42.6 Å². The molecule has 1 unspecified atom stereocenters. The quantitative estimate of drug-likeness (QED) is 0.870. The zero-order valence-electron chi connectivity index (χ0n) is 12.4. The monoisotopic (exact) mass is 270 g/mol. The maximum Gasteiger partial charge on any atom is 0.119 e. The smallest absolute Gasteiger partial charge is 0.119 e. The molecule has 1 aromatic carbocycles. The summed E-state index contributed by atoms with van der Waals surface area (Å²) in [5.74, 6) is 0.920. The maximum atomic E-state index is 5.46. The van der Waals surface area contributed by atoms with Crippen LogP contribution in [0.5, 0.6) is 5.75 Å². The fraction of sp³-hybridized carbons (Fsp3) is 0.353. The Hall–Kier alpha value is -1.87. The molecule has 0 fully saturated rings. The van der Waals surface area contributed by atoms with E-state index in [1.54, 1.807) is 0 Å². The molecule has 0 saturated carbocycles. The molecule has 2 rings (SSSR count). The predicted molar refractivity (Wildman–Crippen MR) is 81.8 cm³/mol. The van der Waals surface area contributed by atoms with Crippen LogP contribution in [-0.2, 0) is 6.54 Å². The topological polar surface area (TPSA) is 34.1 Å². The second-order valence-corrected chi connectivity index (χ2v) is 4.87. The van der Waals surface area contributed by atoms with Gasteiger partial charge >= 0.3 is 0 Å². The van der Waals surface area contributed by atoms with Crippen LogP contribution in [0.3, 0.4) is 0 Å². The van der Waals surface area contributed by atoms with Crippen molar-refractivity contribution in [2.75, 3.05) is 6.61 Å². The molecule has 2 aromatic rings. The van der Waals surface area contributed by atoms with E-state index in [9.17, 15) is 0 Å². The zero-order chi connectivity index (χ0) is 14.4. The van der Waals surface area contributed by atoms with Gasteiger partial charge in [-0.2, -0.15) is 0 Å². The molecular formula is C17H22N2O. The van der Waals surface area contributed by atoms with Gasteiger partial charge in [0.2, 0.25) is 0 Å². The third-order valence-electron chi connectivity index (χ3n) is 3.38. The van der Waals surface area contributed by atoms with E-state index in [1.165, 1.54) is 11.1 Å². The molecule has 1 aromatic heterocycles. The Balaban J connectivity index is 1.94. The van der Waals surface area contributed by atoms with E-state index in [1.807, 2.05) is 31.3 Å². The van der Waals surface area contributed by atoms with Crippen molar-refractivity contribution in [3.05, 3.63) is 59.4 Å². The summed E-state index contributed by atoms with van der Waals surface area (Å²) >= 11 is 0. The van der Waals surface area contributed by atoms with Gasteiger partial charge in [-0.1, -0.05) is 18.2 Å². The molecule has 1 atom stereocenters. The van der Waals surface area contributed by atoms with E-state index in [0.29, 0.717) is 6.61 Å². The molecule has 0 bridgehead atoms. The van der Waals surface area contributed by atoms with Gasteiger partial charge < -0.3 is 10.1 Å². The number of aromatic nitrogens is 1. The van der Waals surface area contributed by atoms with Gasteiger partial charge in [-0.3, -0.25) is 4.98 Å². The molecule has 0 amide bonds. The van der Waals surface area contributed by atoms with Crippen LogP contribution in [0.4, 0.5) is 0 Å². The van der Waals surface area contributed by atoms with Gasteiger partial charge in [-0.15, -0.1) is 0 Å². The third kappa shape index (κ3) is 3.81. The lowest BCUT2D eigenvalue weighted by molar-refractivity contribution is 0.340. The molecule has 0 radical (unpaired) electrons. The lowest BCUT2D eigenvalue weighted by atomic mass is 10.1. The van der Waals surface area contributed by atoms with E-state index in [2.05, 4.69) is 42.3 Å². The summed E-state index contributed by atoms with van der Waals surface area (Å²) in [7, 11) is 0. The molecule has 0 saturated heterocycles. The fourth-order valence-electron chi connectivity index (χ4n) is 2.09. The average molecular weight is 270 g/mol. The largest absolute Gasteiger partial charge is 0.494 e. The van der Waals surface area contributed by atoms with E-state index in [0.717, 1.165) is 18.0 Å². The van der Waals surface area contributed by atoms with Crippen molar-refractivity contribution in [2.45, 2.75) is 33.4 Å². The molecule has 20 heavy (non-hydrogen) atoms. The number of hydrogen-bond donors (Lipinski definition) is 1. The number of pyridine rings is 1. The van der Waals surface area contributed by atoms with Crippen molar-refractivity contribution < 1.29 is 4.74 Å². The Labute approximate surface area is 121 Å². The van der Waals surface area contributed by atoms with Crippen molar-refractivity contribution in [3.8, 4) is 5.75 Å². The molecule has 0 aliphatic carbocycles. The number of ether oxygens (including phenoxy) is 1. The molecular weight excluding hydrogens is 248 g/mol. The van der Waals surface area contributed by atoms with Gasteiger partial charge in [-0.25, -0.2) is 0 Å².